The van der Waals surface area contributed by atoms with Crippen LogP contribution in [0.2, 0.25) is 0 Å². The van der Waals surface area contributed by atoms with E-state index in [0.29, 0.717) is 13.1 Å². The van der Waals surface area contributed by atoms with Gasteiger partial charge in [0.15, 0.2) is 0 Å². The number of H-pyrrole nitrogens is 1. The molecule has 3 heterocycles. The lowest BCUT2D eigenvalue weighted by Crippen LogP contribution is -2.35. The molecule has 2 aromatic heterocycles. The number of carbonyl (C=O) groups is 1. The highest BCUT2D eigenvalue weighted by Crippen LogP contribution is 2.28. The summed E-state index contributed by atoms with van der Waals surface area (Å²) < 4.78 is 1.91. The van der Waals surface area contributed by atoms with Crippen LogP contribution in [0.25, 0.3) is 11.3 Å². The van der Waals surface area contributed by atoms with Crippen LogP contribution in [0, 0.1) is 0 Å². The Morgan fingerprint density at radius 1 is 1.12 bits per heavy atom. The number of nitrogens with zero attached hydrogens (tertiary/aromatic N) is 4. The van der Waals surface area contributed by atoms with Gasteiger partial charge in [-0.1, -0.05) is 30.3 Å². The van der Waals surface area contributed by atoms with Crippen LogP contribution >= 0.6 is 0 Å². The van der Waals surface area contributed by atoms with E-state index in [1.807, 2.05) is 29.9 Å². The SMILES string of the molecule is Cn1nc(-c2ccccc2)c2c1CCN(C(=O)c1cncc(=O)[nH]1)CC2. The number of hydrogen-bond donors (Lipinski definition) is 1. The minimum Gasteiger partial charge on any atom is -0.337 e. The second-order valence-electron chi connectivity index (χ2n) is 6.37. The Labute approximate surface area is 150 Å². The Bertz CT molecular complexity index is 1010. The lowest BCUT2D eigenvalue weighted by molar-refractivity contribution is 0.0756. The van der Waals surface area contributed by atoms with Gasteiger partial charge in [-0.2, -0.15) is 5.10 Å². The van der Waals surface area contributed by atoms with Gasteiger partial charge in [-0.25, -0.2) is 0 Å². The van der Waals surface area contributed by atoms with Crippen molar-refractivity contribution in [3.8, 4) is 11.3 Å². The summed E-state index contributed by atoms with van der Waals surface area (Å²) in [5, 5.41) is 4.70. The van der Waals surface area contributed by atoms with E-state index in [1.54, 1.807) is 4.90 Å². The normalized spacial score (nSPS) is 14.0. The van der Waals surface area contributed by atoms with Crippen molar-refractivity contribution in [3.05, 3.63) is 70.0 Å². The molecule has 3 aromatic rings. The molecule has 26 heavy (non-hydrogen) atoms. The average molecular weight is 349 g/mol. The van der Waals surface area contributed by atoms with Crippen molar-refractivity contribution in [2.24, 2.45) is 7.05 Å². The molecule has 0 bridgehead atoms. The molecule has 0 aliphatic carbocycles. The average Bonchev–Trinajstić information content (AvgIpc) is 2.83. The highest BCUT2D eigenvalue weighted by atomic mass is 16.2. The van der Waals surface area contributed by atoms with Crippen LogP contribution in [0.3, 0.4) is 0 Å². The van der Waals surface area contributed by atoms with E-state index in [0.717, 1.165) is 36.0 Å². The number of carbonyl (C=O) groups excluding carboxylic acids is 1. The third-order valence-corrected chi connectivity index (χ3v) is 4.74. The Morgan fingerprint density at radius 3 is 2.65 bits per heavy atom. The van der Waals surface area contributed by atoms with Gasteiger partial charge < -0.3 is 9.88 Å². The Balaban J connectivity index is 1.62. The number of aromatic nitrogens is 4. The van der Waals surface area contributed by atoms with Crippen molar-refractivity contribution in [2.75, 3.05) is 13.1 Å². The zero-order valence-electron chi connectivity index (χ0n) is 14.5. The van der Waals surface area contributed by atoms with E-state index in [1.165, 1.54) is 11.8 Å². The number of aryl methyl sites for hydroxylation is 1. The first-order chi connectivity index (χ1) is 12.6. The summed E-state index contributed by atoms with van der Waals surface area (Å²) in [5.41, 5.74) is 4.26. The highest BCUT2D eigenvalue weighted by Gasteiger charge is 2.25. The molecule has 0 fully saturated rings. The van der Waals surface area contributed by atoms with Gasteiger partial charge in [0.2, 0.25) is 0 Å². The predicted molar refractivity (Wildman–Crippen MR) is 96.8 cm³/mol. The summed E-state index contributed by atoms with van der Waals surface area (Å²) in [6.45, 7) is 1.16. The maximum atomic E-state index is 12.7. The summed E-state index contributed by atoms with van der Waals surface area (Å²) in [5.74, 6) is -0.197. The molecule has 0 radical (unpaired) electrons. The molecular formula is C19H19N5O2. The van der Waals surface area contributed by atoms with Crippen molar-refractivity contribution in [1.29, 1.82) is 0 Å². The van der Waals surface area contributed by atoms with Crippen LogP contribution in [0.5, 0.6) is 0 Å². The Morgan fingerprint density at radius 2 is 1.88 bits per heavy atom. The van der Waals surface area contributed by atoms with Crippen molar-refractivity contribution in [3.63, 3.8) is 0 Å². The van der Waals surface area contributed by atoms with Gasteiger partial charge in [-0.15, -0.1) is 0 Å². The third-order valence-electron chi connectivity index (χ3n) is 4.74. The molecule has 132 valence electrons. The molecule has 0 spiro atoms. The molecule has 0 unspecified atom stereocenters. The predicted octanol–water partition coefficient (Wildman–Crippen LogP) is 1.41. The molecule has 0 saturated heterocycles. The van der Waals surface area contributed by atoms with Crippen LogP contribution in [0.4, 0.5) is 0 Å². The van der Waals surface area contributed by atoms with Gasteiger partial charge in [0.1, 0.15) is 5.69 Å². The first-order valence-electron chi connectivity index (χ1n) is 8.57. The van der Waals surface area contributed by atoms with Gasteiger partial charge in [0, 0.05) is 43.4 Å². The van der Waals surface area contributed by atoms with Gasteiger partial charge in [-0.05, 0) is 6.42 Å². The fraction of sp³-hybridized carbons (Fsp3) is 0.263. The van der Waals surface area contributed by atoms with E-state index >= 15 is 0 Å². The van der Waals surface area contributed by atoms with Crippen molar-refractivity contribution >= 4 is 5.91 Å². The van der Waals surface area contributed by atoms with Crippen molar-refractivity contribution < 1.29 is 4.79 Å². The summed E-state index contributed by atoms with van der Waals surface area (Å²) in [4.78, 5) is 32.3. The number of nitrogens with one attached hydrogen (secondary N) is 1. The summed E-state index contributed by atoms with van der Waals surface area (Å²) in [6.07, 6.45) is 4.01. The maximum Gasteiger partial charge on any atom is 0.272 e. The van der Waals surface area contributed by atoms with E-state index in [-0.39, 0.29) is 17.2 Å². The molecule has 1 aliphatic rings. The number of fused-ring (bicyclic) bond motifs is 1. The molecule has 1 N–H and O–H groups in total. The first-order valence-corrected chi connectivity index (χ1v) is 8.57. The fourth-order valence-corrected chi connectivity index (χ4v) is 3.46. The Hall–Kier alpha value is -3.22. The molecular weight excluding hydrogens is 330 g/mol. The number of rotatable bonds is 2. The zero-order chi connectivity index (χ0) is 18.1. The van der Waals surface area contributed by atoms with Gasteiger partial charge in [0.05, 0.1) is 18.1 Å². The molecule has 1 aromatic carbocycles. The van der Waals surface area contributed by atoms with E-state index in [4.69, 9.17) is 5.10 Å². The minimum atomic E-state index is -0.371. The van der Waals surface area contributed by atoms with E-state index < -0.39 is 0 Å². The monoisotopic (exact) mass is 349 g/mol. The topological polar surface area (TPSA) is 83.9 Å². The van der Waals surface area contributed by atoms with Crippen LogP contribution in [0.1, 0.15) is 21.7 Å². The third kappa shape index (κ3) is 2.92. The second kappa shape index (κ2) is 6.59. The lowest BCUT2D eigenvalue weighted by atomic mass is 10.0. The van der Waals surface area contributed by atoms with Crippen LogP contribution < -0.4 is 5.56 Å². The highest BCUT2D eigenvalue weighted by molar-refractivity contribution is 5.92. The van der Waals surface area contributed by atoms with Crippen LogP contribution in [-0.2, 0) is 19.9 Å². The quantitative estimate of drug-likeness (QED) is 0.758. The first kappa shape index (κ1) is 16.3. The van der Waals surface area contributed by atoms with Crippen LogP contribution in [-0.4, -0.2) is 43.6 Å². The molecule has 1 aliphatic heterocycles. The molecule has 4 rings (SSSR count). The Kier molecular flexibility index (Phi) is 4.12. The molecule has 7 heteroatoms. The summed E-state index contributed by atoms with van der Waals surface area (Å²) >= 11 is 0. The molecule has 0 saturated carbocycles. The number of benzene rings is 1. The molecule has 1 amide bonds. The van der Waals surface area contributed by atoms with Crippen molar-refractivity contribution in [2.45, 2.75) is 12.8 Å². The van der Waals surface area contributed by atoms with E-state index in [9.17, 15) is 9.59 Å². The smallest absolute Gasteiger partial charge is 0.272 e. The summed E-state index contributed by atoms with van der Waals surface area (Å²) in [6, 6.07) is 10.1. The van der Waals surface area contributed by atoms with Gasteiger partial charge >= 0.3 is 0 Å². The van der Waals surface area contributed by atoms with Crippen LogP contribution in [0.15, 0.2) is 47.5 Å². The second-order valence-corrected chi connectivity index (χ2v) is 6.37. The zero-order valence-corrected chi connectivity index (χ0v) is 14.5. The minimum absolute atomic E-state index is 0.197. The van der Waals surface area contributed by atoms with Gasteiger partial charge in [0.25, 0.3) is 11.5 Å². The maximum absolute atomic E-state index is 12.7. The standard InChI is InChI=1S/C19H19N5O2/c1-23-16-8-10-24(19(26)15-11-20-12-17(25)21-15)9-7-14(16)18(22-23)13-5-3-2-4-6-13/h2-6,11-12H,7-10H2,1H3,(H,21,25). The number of aromatic amines is 1. The van der Waals surface area contributed by atoms with Crippen molar-refractivity contribution in [1.82, 2.24) is 24.6 Å². The largest absolute Gasteiger partial charge is 0.337 e. The molecule has 7 nitrogen and oxygen atoms in total. The molecule has 0 atom stereocenters. The fourth-order valence-electron chi connectivity index (χ4n) is 3.46. The number of hydrogen-bond acceptors (Lipinski definition) is 4. The summed E-state index contributed by atoms with van der Waals surface area (Å²) in [7, 11) is 1.95. The van der Waals surface area contributed by atoms with E-state index in [2.05, 4.69) is 22.1 Å². The van der Waals surface area contributed by atoms with Gasteiger partial charge in [-0.3, -0.25) is 19.3 Å². The number of amides is 1. The lowest BCUT2D eigenvalue weighted by Gasteiger charge is -2.20.